The average molecular weight is 410 g/mol. The van der Waals surface area contributed by atoms with E-state index in [1.165, 1.54) is 45.2 Å². The van der Waals surface area contributed by atoms with Crippen molar-refractivity contribution in [3.8, 4) is 11.5 Å². The number of amides is 1. The summed E-state index contributed by atoms with van der Waals surface area (Å²) < 4.78 is 15.2. The standard InChI is InChI=1S/C19H20ClNO5S/c1-11(27-13-7-5-12(20)6-8-13)18(22)21-15-10-17(25-3)16(24-2)9-14(15)19(23)26-4/h5-11H,1-4H3,(H,21,22)/t11-/m0/s1. The van der Waals surface area contributed by atoms with E-state index in [1.54, 1.807) is 19.1 Å². The van der Waals surface area contributed by atoms with Crippen LogP contribution in [0.2, 0.25) is 5.02 Å². The van der Waals surface area contributed by atoms with Crippen molar-refractivity contribution in [3.05, 3.63) is 47.0 Å². The van der Waals surface area contributed by atoms with Gasteiger partial charge in [-0.15, -0.1) is 11.8 Å². The van der Waals surface area contributed by atoms with E-state index in [0.717, 1.165) is 4.90 Å². The number of hydrogen-bond donors (Lipinski definition) is 1. The van der Waals surface area contributed by atoms with Gasteiger partial charge in [0.2, 0.25) is 5.91 Å². The predicted octanol–water partition coefficient (Wildman–Crippen LogP) is 4.26. The number of carbonyl (C=O) groups is 2. The van der Waals surface area contributed by atoms with E-state index in [4.69, 9.17) is 25.8 Å². The molecule has 0 radical (unpaired) electrons. The monoisotopic (exact) mass is 409 g/mol. The third-order valence-corrected chi connectivity index (χ3v) is 5.05. The van der Waals surface area contributed by atoms with Crippen LogP contribution in [-0.4, -0.2) is 38.5 Å². The zero-order valence-corrected chi connectivity index (χ0v) is 16.9. The fraction of sp³-hybridized carbons (Fsp3) is 0.263. The molecule has 27 heavy (non-hydrogen) atoms. The van der Waals surface area contributed by atoms with Crippen molar-refractivity contribution in [3.63, 3.8) is 0 Å². The van der Waals surface area contributed by atoms with Crippen LogP contribution in [-0.2, 0) is 9.53 Å². The second-order valence-corrected chi connectivity index (χ2v) is 7.30. The van der Waals surface area contributed by atoms with Gasteiger partial charge in [-0.1, -0.05) is 11.6 Å². The summed E-state index contributed by atoms with van der Waals surface area (Å²) in [6.45, 7) is 1.77. The lowest BCUT2D eigenvalue weighted by Gasteiger charge is -2.16. The van der Waals surface area contributed by atoms with Crippen molar-refractivity contribution in [1.29, 1.82) is 0 Å². The summed E-state index contributed by atoms with van der Waals surface area (Å²) in [7, 11) is 4.20. The number of nitrogens with one attached hydrogen (secondary N) is 1. The van der Waals surface area contributed by atoms with E-state index in [-0.39, 0.29) is 17.2 Å². The van der Waals surface area contributed by atoms with E-state index >= 15 is 0 Å². The molecule has 0 unspecified atom stereocenters. The zero-order valence-electron chi connectivity index (χ0n) is 15.4. The molecule has 0 spiro atoms. The topological polar surface area (TPSA) is 73.9 Å². The first-order chi connectivity index (χ1) is 12.9. The lowest BCUT2D eigenvalue weighted by molar-refractivity contribution is -0.115. The number of methoxy groups -OCH3 is 3. The highest BCUT2D eigenvalue weighted by atomic mass is 35.5. The van der Waals surface area contributed by atoms with Crippen LogP contribution >= 0.6 is 23.4 Å². The van der Waals surface area contributed by atoms with E-state index in [2.05, 4.69) is 5.32 Å². The third kappa shape index (κ3) is 5.30. The largest absolute Gasteiger partial charge is 0.493 e. The molecule has 0 heterocycles. The maximum Gasteiger partial charge on any atom is 0.340 e. The number of hydrogen-bond acceptors (Lipinski definition) is 6. The van der Waals surface area contributed by atoms with Gasteiger partial charge >= 0.3 is 5.97 Å². The van der Waals surface area contributed by atoms with Crippen LogP contribution in [0.3, 0.4) is 0 Å². The van der Waals surface area contributed by atoms with Crippen LogP contribution in [0, 0.1) is 0 Å². The molecule has 2 aromatic carbocycles. The highest BCUT2D eigenvalue weighted by molar-refractivity contribution is 8.00. The first-order valence-electron chi connectivity index (χ1n) is 7.97. The van der Waals surface area contributed by atoms with E-state index in [9.17, 15) is 9.59 Å². The van der Waals surface area contributed by atoms with Gasteiger partial charge in [0, 0.05) is 22.1 Å². The summed E-state index contributed by atoms with van der Waals surface area (Å²) in [5.74, 6) is -0.116. The van der Waals surface area contributed by atoms with Gasteiger partial charge in [0.25, 0.3) is 0 Å². The molecule has 1 amide bonds. The molecule has 0 bridgehead atoms. The highest BCUT2D eigenvalue weighted by Gasteiger charge is 2.21. The van der Waals surface area contributed by atoms with Crippen LogP contribution in [0.4, 0.5) is 5.69 Å². The van der Waals surface area contributed by atoms with E-state index < -0.39 is 11.2 Å². The van der Waals surface area contributed by atoms with E-state index in [1.807, 2.05) is 12.1 Å². The molecule has 2 aromatic rings. The molecule has 0 saturated carbocycles. The maximum atomic E-state index is 12.6. The lowest BCUT2D eigenvalue weighted by Crippen LogP contribution is -2.24. The number of esters is 1. The van der Waals surface area contributed by atoms with Crippen LogP contribution in [0.25, 0.3) is 0 Å². The molecule has 1 atom stereocenters. The van der Waals surface area contributed by atoms with Crippen molar-refractivity contribution in [2.45, 2.75) is 17.1 Å². The van der Waals surface area contributed by atoms with Crippen molar-refractivity contribution in [1.82, 2.24) is 0 Å². The van der Waals surface area contributed by atoms with Crippen molar-refractivity contribution >= 4 is 40.9 Å². The quantitative estimate of drug-likeness (QED) is 0.544. The lowest BCUT2D eigenvalue weighted by atomic mass is 10.1. The van der Waals surface area contributed by atoms with Crippen LogP contribution in [0.1, 0.15) is 17.3 Å². The third-order valence-electron chi connectivity index (χ3n) is 3.68. The Kier molecular flexibility index (Phi) is 7.38. The smallest absolute Gasteiger partial charge is 0.340 e. The summed E-state index contributed by atoms with van der Waals surface area (Å²) in [6, 6.07) is 10.2. The van der Waals surface area contributed by atoms with Crippen LogP contribution in [0.5, 0.6) is 11.5 Å². The molecule has 1 N–H and O–H groups in total. The number of ether oxygens (including phenoxy) is 3. The zero-order chi connectivity index (χ0) is 20.0. The van der Waals surface area contributed by atoms with Gasteiger partial charge in [-0.25, -0.2) is 4.79 Å². The Morgan fingerprint density at radius 1 is 1.04 bits per heavy atom. The SMILES string of the molecule is COC(=O)c1cc(OC)c(OC)cc1NC(=O)[C@H](C)Sc1ccc(Cl)cc1. The number of halogens is 1. The molecule has 6 nitrogen and oxygen atoms in total. The summed E-state index contributed by atoms with van der Waals surface area (Å²) >= 11 is 7.25. The van der Waals surface area contributed by atoms with Crippen LogP contribution < -0.4 is 14.8 Å². The molecular weight excluding hydrogens is 390 g/mol. The summed E-state index contributed by atoms with van der Waals surface area (Å²) in [6.07, 6.45) is 0. The highest BCUT2D eigenvalue weighted by Crippen LogP contribution is 2.34. The number of benzene rings is 2. The molecular formula is C19H20ClNO5S. The summed E-state index contributed by atoms with van der Waals surface area (Å²) in [4.78, 5) is 25.6. The van der Waals surface area contributed by atoms with Gasteiger partial charge in [0.05, 0.1) is 37.8 Å². The molecule has 2 rings (SSSR count). The first-order valence-corrected chi connectivity index (χ1v) is 9.22. The van der Waals surface area contributed by atoms with Crippen molar-refractivity contribution in [2.24, 2.45) is 0 Å². The molecule has 0 aliphatic carbocycles. The Balaban J connectivity index is 2.24. The normalized spacial score (nSPS) is 11.4. The number of rotatable bonds is 7. The number of anilines is 1. The molecule has 144 valence electrons. The van der Waals surface area contributed by atoms with Gasteiger partial charge in [-0.05, 0) is 31.2 Å². The minimum atomic E-state index is -0.593. The average Bonchev–Trinajstić information content (AvgIpc) is 2.68. The van der Waals surface area contributed by atoms with Crippen LogP contribution in [0.15, 0.2) is 41.3 Å². The van der Waals surface area contributed by atoms with Gasteiger partial charge in [-0.2, -0.15) is 0 Å². The molecule has 8 heteroatoms. The molecule has 0 aliphatic heterocycles. The van der Waals surface area contributed by atoms with Gasteiger partial charge in [-0.3, -0.25) is 4.79 Å². The fourth-order valence-corrected chi connectivity index (χ4v) is 3.26. The second kappa shape index (κ2) is 9.53. The van der Waals surface area contributed by atoms with Crippen molar-refractivity contribution < 1.29 is 23.8 Å². The number of carbonyl (C=O) groups excluding carboxylic acids is 2. The summed E-state index contributed by atoms with van der Waals surface area (Å²) in [5.41, 5.74) is 0.459. The Morgan fingerprint density at radius 2 is 1.63 bits per heavy atom. The van der Waals surface area contributed by atoms with Crippen molar-refractivity contribution in [2.75, 3.05) is 26.6 Å². The molecule has 0 fully saturated rings. The Hall–Kier alpha value is -2.38. The minimum Gasteiger partial charge on any atom is -0.493 e. The minimum absolute atomic E-state index is 0.173. The Morgan fingerprint density at radius 3 is 2.19 bits per heavy atom. The first kappa shape index (κ1) is 20.9. The number of thioether (sulfide) groups is 1. The fourth-order valence-electron chi connectivity index (χ4n) is 2.27. The molecule has 0 saturated heterocycles. The molecule has 0 aliphatic rings. The van der Waals surface area contributed by atoms with Gasteiger partial charge in [0.15, 0.2) is 11.5 Å². The van der Waals surface area contributed by atoms with Gasteiger partial charge in [0.1, 0.15) is 0 Å². The van der Waals surface area contributed by atoms with Gasteiger partial charge < -0.3 is 19.5 Å². The second-order valence-electron chi connectivity index (χ2n) is 5.45. The predicted molar refractivity (Wildman–Crippen MR) is 106 cm³/mol. The molecule has 0 aromatic heterocycles. The Labute approximate surface area is 167 Å². The maximum absolute atomic E-state index is 12.6. The van der Waals surface area contributed by atoms with E-state index in [0.29, 0.717) is 16.5 Å². The summed E-state index contributed by atoms with van der Waals surface area (Å²) in [5, 5.41) is 2.98. The Bertz CT molecular complexity index is 826.